The average molecular weight is 479 g/mol. The van der Waals surface area contributed by atoms with E-state index in [0.717, 1.165) is 34.1 Å². The maximum Gasteiger partial charge on any atom is 0.0608 e. The molecular formula is C24H40ClN6P. The zero-order chi connectivity index (χ0) is 24.5. The van der Waals surface area contributed by atoms with Crippen molar-refractivity contribution in [2.75, 3.05) is 114 Å². The van der Waals surface area contributed by atoms with E-state index in [4.69, 9.17) is 11.2 Å². The van der Waals surface area contributed by atoms with E-state index in [2.05, 4.69) is 138 Å². The minimum Gasteiger partial charge on any atom is -0.378 e. The summed E-state index contributed by atoms with van der Waals surface area (Å²) in [7, 11) is 23.8. The summed E-state index contributed by atoms with van der Waals surface area (Å²) in [4.78, 5) is 13.0. The van der Waals surface area contributed by atoms with Crippen LogP contribution in [-0.4, -0.2) is 84.6 Å². The molecule has 0 aromatic heterocycles. The third-order valence-corrected chi connectivity index (χ3v) is 8.18. The van der Waals surface area contributed by atoms with Crippen LogP contribution >= 0.6 is 18.5 Å². The van der Waals surface area contributed by atoms with E-state index in [-0.39, 0.29) is 0 Å². The largest absolute Gasteiger partial charge is 0.378 e. The van der Waals surface area contributed by atoms with Gasteiger partial charge in [0.2, 0.25) is 0 Å². The van der Waals surface area contributed by atoms with Gasteiger partial charge in [0.25, 0.3) is 0 Å². The van der Waals surface area contributed by atoms with Crippen molar-refractivity contribution in [1.82, 2.24) is 0 Å². The first kappa shape index (κ1) is 26.2. The molecule has 8 heteroatoms. The fourth-order valence-electron chi connectivity index (χ4n) is 3.57. The van der Waals surface area contributed by atoms with Gasteiger partial charge in [0.05, 0.1) is 7.27 Å². The van der Waals surface area contributed by atoms with Crippen molar-refractivity contribution < 1.29 is 0 Å². The summed E-state index contributed by atoms with van der Waals surface area (Å²) in [6.45, 7) is 0. The van der Waals surface area contributed by atoms with E-state index in [1.54, 1.807) is 0 Å². The third-order valence-electron chi connectivity index (χ3n) is 5.46. The molecule has 0 saturated carbocycles. The molecule has 0 saturated heterocycles. The first-order chi connectivity index (χ1) is 14.8. The lowest BCUT2D eigenvalue weighted by Gasteiger charge is -2.33. The molecule has 6 nitrogen and oxygen atoms in total. The zero-order valence-electron chi connectivity index (χ0n) is 21.8. The van der Waals surface area contributed by atoms with Gasteiger partial charge in [-0.15, -0.1) is 0 Å². The highest BCUT2D eigenvalue weighted by Crippen LogP contribution is 2.51. The Bertz CT molecular complexity index is 807. The van der Waals surface area contributed by atoms with E-state index in [9.17, 15) is 0 Å². The second-order valence-electron chi connectivity index (χ2n) is 9.31. The molecular weight excluding hydrogens is 439 g/mol. The van der Waals surface area contributed by atoms with E-state index >= 15 is 0 Å². The Labute approximate surface area is 201 Å². The number of hydrogen-bond donors (Lipinski definition) is 0. The van der Waals surface area contributed by atoms with Crippen LogP contribution in [-0.2, 0) is 0 Å². The van der Waals surface area contributed by atoms with Crippen LogP contribution in [0.2, 0.25) is 0 Å². The number of halogens is 1. The molecule has 0 radical (unpaired) electrons. The second-order valence-corrected chi connectivity index (χ2v) is 11.8. The molecule has 0 unspecified atom stereocenters. The van der Waals surface area contributed by atoms with E-state index in [0.29, 0.717) is 0 Å². The van der Waals surface area contributed by atoms with Crippen molar-refractivity contribution >= 4 is 63.2 Å². The van der Waals surface area contributed by atoms with Gasteiger partial charge in [-0.3, -0.25) is 0 Å². The molecule has 0 aliphatic heterocycles. The van der Waals surface area contributed by atoms with Crippen molar-refractivity contribution in [1.29, 1.82) is 0 Å². The predicted octanol–water partition coefficient (Wildman–Crippen LogP) is 3.67. The highest BCUT2D eigenvalue weighted by molar-refractivity contribution is 7.96. The molecule has 32 heavy (non-hydrogen) atoms. The lowest BCUT2D eigenvalue weighted by molar-refractivity contribution is 1.08. The van der Waals surface area contributed by atoms with Crippen LogP contribution in [0, 0.1) is 0 Å². The molecule has 0 fully saturated rings. The molecule has 0 N–H and O–H groups in total. The van der Waals surface area contributed by atoms with Gasteiger partial charge in [0.15, 0.2) is 0 Å². The highest BCUT2D eigenvalue weighted by Gasteiger charge is 2.29. The van der Waals surface area contributed by atoms with Crippen LogP contribution in [0.1, 0.15) is 0 Å². The maximum absolute atomic E-state index is 7.52. The van der Waals surface area contributed by atoms with Crippen molar-refractivity contribution in [2.45, 2.75) is 0 Å². The van der Waals surface area contributed by atoms with E-state index < -0.39 is 7.27 Å². The molecule has 0 amide bonds. The maximum atomic E-state index is 7.52. The van der Waals surface area contributed by atoms with Crippen molar-refractivity contribution in [3.05, 3.63) is 24.3 Å². The molecule has 2 aromatic rings. The molecule has 178 valence electrons. The predicted molar refractivity (Wildman–Crippen MR) is 151 cm³/mol. The van der Waals surface area contributed by atoms with E-state index in [1.807, 2.05) is 0 Å². The summed E-state index contributed by atoms with van der Waals surface area (Å²) < 4.78 is 0. The summed E-state index contributed by atoms with van der Waals surface area (Å²) in [5.41, 5.74) is 6.90. The lowest BCUT2D eigenvalue weighted by atomic mass is 10.2. The second kappa shape index (κ2) is 10.3. The van der Waals surface area contributed by atoms with E-state index in [1.165, 1.54) is 10.6 Å². The third kappa shape index (κ3) is 5.29. The van der Waals surface area contributed by atoms with Crippen LogP contribution in [0.5, 0.6) is 0 Å². The first-order valence-corrected chi connectivity index (χ1v) is 12.9. The van der Waals surface area contributed by atoms with Gasteiger partial charge in [-0.05, 0) is 24.3 Å². The summed E-state index contributed by atoms with van der Waals surface area (Å²) in [6, 6.07) is 8.94. The summed E-state index contributed by atoms with van der Waals surface area (Å²) in [5, 5.41) is 2.34. The Balaban J connectivity index is 2.94. The van der Waals surface area contributed by atoms with Gasteiger partial charge in [-0.1, -0.05) is 11.2 Å². The number of nitrogens with zero attached hydrogens (tertiary/aromatic N) is 6. The highest BCUT2D eigenvalue weighted by atomic mass is 35.7. The molecule has 2 aromatic carbocycles. The topological polar surface area (TPSA) is 19.4 Å². The number of rotatable bonds is 8. The molecule has 2 rings (SSSR count). The zero-order valence-corrected chi connectivity index (χ0v) is 23.5. The first-order valence-electron chi connectivity index (χ1n) is 10.6. The summed E-state index contributed by atoms with van der Waals surface area (Å²) >= 11 is 7.52. The van der Waals surface area contributed by atoms with Crippen LogP contribution in [0.4, 0.5) is 34.1 Å². The Hall–Kier alpha value is -2.04. The standard InChI is InChI=1S/C24H40ClN6P/c1-26(2)17-13-19(28(5)6)23(20(14-17)29(7)8)32(25)24-21(30(9)10)15-18(27(3)4)16-22(24)31(11)12/h13-16H,1-12H3. The minimum absolute atomic E-state index is 1.15. The van der Waals surface area contributed by atoms with Crippen molar-refractivity contribution in [3.8, 4) is 0 Å². The van der Waals surface area contributed by atoms with Crippen LogP contribution in [0.15, 0.2) is 24.3 Å². The van der Waals surface area contributed by atoms with Gasteiger partial charge in [-0.25, -0.2) is 0 Å². The number of anilines is 6. The smallest absolute Gasteiger partial charge is 0.0608 e. The minimum atomic E-state index is -1.18. The van der Waals surface area contributed by atoms with Crippen LogP contribution < -0.4 is 40.0 Å². The quantitative estimate of drug-likeness (QED) is 0.535. The molecule has 0 heterocycles. The monoisotopic (exact) mass is 478 g/mol. The number of hydrogen-bond acceptors (Lipinski definition) is 6. The van der Waals surface area contributed by atoms with Gasteiger partial charge in [-0.2, -0.15) is 0 Å². The summed E-state index contributed by atoms with van der Waals surface area (Å²) in [5.74, 6) is 0. The average Bonchev–Trinajstić information content (AvgIpc) is 2.70. The fourth-order valence-corrected chi connectivity index (χ4v) is 6.70. The fraction of sp³-hybridized carbons (Fsp3) is 0.500. The molecule has 0 aliphatic rings. The molecule has 0 aliphatic carbocycles. The number of benzene rings is 2. The molecule has 0 atom stereocenters. The van der Waals surface area contributed by atoms with Crippen molar-refractivity contribution in [2.24, 2.45) is 0 Å². The van der Waals surface area contributed by atoms with Crippen LogP contribution in [0.25, 0.3) is 0 Å². The normalized spacial score (nSPS) is 10.9. The Morgan fingerprint density at radius 1 is 0.438 bits per heavy atom. The Morgan fingerprint density at radius 3 is 0.812 bits per heavy atom. The van der Waals surface area contributed by atoms with Gasteiger partial charge in [0.1, 0.15) is 0 Å². The Morgan fingerprint density at radius 2 is 0.656 bits per heavy atom. The summed E-state index contributed by atoms with van der Waals surface area (Å²) in [6.07, 6.45) is 0. The molecule has 0 bridgehead atoms. The van der Waals surface area contributed by atoms with Gasteiger partial charge in [0, 0.05) is 129 Å². The molecule has 0 spiro atoms. The van der Waals surface area contributed by atoms with Gasteiger partial charge < -0.3 is 29.4 Å². The SMILES string of the molecule is CN(C)c1cc(N(C)C)c(P(Cl)c2c(N(C)C)cc(N(C)C)cc2N(C)C)c(N(C)C)c1. The lowest BCUT2D eigenvalue weighted by Crippen LogP contribution is -2.30. The van der Waals surface area contributed by atoms with Crippen LogP contribution in [0.3, 0.4) is 0 Å². The van der Waals surface area contributed by atoms with Gasteiger partial charge >= 0.3 is 0 Å². The Kier molecular flexibility index (Phi) is 8.41. The van der Waals surface area contributed by atoms with Crippen molar-refractivity contribution in [3.63, 3.8) is 0 Å².